The van der Waals surface area contributed by atoms with Gasteiger partial charge in [0.15, 0.2) is 0 Å². The normalized spacial score (nSPS) is 12.9. The van der Waals surface area contributed by atoms with Gasteiger partial charge < -0.3 is 53.2 Å². The average molecular weight is 661 g/mol. The molecule has 0 aromatic heterocycles. The van der Waals surface area contributed by atoms with Crippen LogP contribution >= 0.6 is 21.6 Å². The molecule has 0 aliphatic carbocycles. The van der Waals surface area contributed by atoms with Gasteiger partial charge in [-0.1, -0.05) is 21.6 Å². The zero-order chi connectivity index (χ0) is 30.8. The Morgan fingerprint density at radius 2 is 0.905 bits per heavy atom. The topological polar surface area (TPSA) is 318 Å². The van der Waals surface area contributed by atoms with Gasteiger partial charge >= 0.3 is 83.0 Å². The summed E-state index contributed by atoms with van der Waals surface area (Å²) in [5.41, 5.74) is 10.7. The van der Waals surface area contributed by atoms with Crippen LogP contribution in [0.3, 0.4) is 0 Å². The van der Waals surface area contributed by atoms with E-state index in [-0.39, 0.29) is 96.3 Å². The van der Waals surface area contributed by atoms with Gasteiger partial charge in [-0.3, -0.25) is 38.4 Å². The molecule has 4 amide bonds. The molecule has 0 saturated heterocycles. The fourth-order valence-corrected chi connectivity index (χ4v) is 4.85. The van der Waals surface area contributed by atoms with E-state index in [1.54, 1.807) is 0 Å². The second kappa shape index (κ2) is 24.8. The number of carbonyl (C=O) groups excluding carboxylic acids is 4. The molecule has 0 bridgehead atoms. The molecule has 0 fully saturated rings. The maximum atomic E-state index is 12.4. The van der Waals surface area contributed by atoms with Gasteiger partial charge in [-0.2, -0.15) is 0 Å². The van der Waals surface area contributed by atoms with Crippen molar-refractivity contribution in [2.75, 3.05) is 24.6 Å². The van der Waals surface area contributed by atoms with E-state index in [2.05, 4.69) is 21.3 Å². The number of carboxylic acid groups (broad SMARTS) is 4. The number of amides is 4. The van der Waals surface area contributed by atoms with Gasteiger partial charge in [0.2, 0.25) is 23.6 Å². The summed E-state index contributed by atoms with van der Waals surface area (Å²) in [6.45, 7) is -1.48. The molecule has 12 N–H and O–H groups in total. The van der Waals surface area contributed by atoms with Gasteiger partial charge in [-0.25, -0.2) is 0 Å². The molecule has 0 radical (unpaired) electrons. The molecule has 0 spiro atoms. The third kappa shape index (κ3) is 22.0. The molecule has 0 aliphatic heterocycles. The standard InChI is InChI=1S/C20H32N6O12S2.2Na.2H/c21-9(19(35)36)1-3-13(27)25-11(17(33)23-5-15(29)30)7-39-40-8-12(18(34)24-6-16(31)32)26-14(28)4-2-10(22)20(37)38;;;;/h9-12H,1-8,21-22H2,(H,23,33)(H,24,34)(H,25,27)(H,26,28)(H,29,30)(H,31,32)(H,35,36)(H,37,38);;;;/t9-,10-,11-,12-;;;;/m0..../s1. The number of hydrogen-bond donors (Lipinski definition) is 10. The summed E-state index contributed by atoms with van der Waals surface area (Å²) in [7, 11) is 1.89. The van der Waals surface area contributed by atoms with Crippen LogP contribution in [0.25, 0.3) is 0 Å². The van der Waals surface area contributed by atoms with E-state index in [4.69, 9.17) is 31.9 Å². The number of carboxylic acids is 4. The van der Waals surface area contributed by atoms with E-state index in [1.807, 2.05) is 0 Å². The summed E-state index contributed by atoms with van der Waals surface area (Å²) in [6, 6.07) is -5.16. The molecule has 230 valence electrons. The Balaban J connectivity index is -0.00000760. The van der Waals surface area contributed by atoms with Crippen molar-refractivity contribution in [1.29, 1.82) is 0 Å². The van der Waals surface area contributed by atoms with Crippen LogP contribution in [-0.2, 0) is 38.4 Å². The summed E-state index contributed by atoms with van der Waals surface area (Å²) in [4.78, 5) is 92.3. The Labute approximate surface area is 291 Å². The van der Waals surface area contributed by atoms with Crippen molar-refractivity contribution in [2.24, 2.45) is 11.5 Å². The number of nitrogens with two attached hydrogens (primary N) is 2. The first kappa shape index (κ1) is 44.8. The number of nitrogens with one attached hydrogen (secondary N) is 4. The van der Waals surface area contributed by atoms with Gasteiger partial charge in [-0.05, 0) is 12.8 Å². The van der Waals surface area contributed by atoms with Crippen molar-refractivity contribution >= 4 is 128 Å². The molecule has 42 heavy (non-hydrogen) atoms. The predicted molar refractivity (Wildman–Crippen MR) is 154 cm³/mol. The number of hydrogen-bond acceptors (Lipinski definition) is 12. The van der Waals surface area contributed by atoms with Gasteiger partial charge in [-0.15, -0.1) is 0 Å². The molecule has 0 saturated carbocycles. The molecule has 18 nitrogen and oxygen atoms in total. The molecule has 0 heterocycles. The molecule has 0 aromatic rings. The molecule has 22 heteroatoms. The van der Waals surface area contributed by atoms with Gasteiger partial charge in [0.25, 0.3) is 0 Å². The summed E-state index contributed by atoms with van der Waals surface area (Å²) >= 11 is 0. The van der Waals surface area contributed by atoms with Gasteiger partial charge in [0.05, 0.1) is 0 Å². The first-order valence-corrected chi connectivity index (χ1v) is 13.9. The van der Waals surface area contributed by atoms with E-state index in [0.717, 1.165) is 21.6 Å². The van der Waals surface area contributed by atoms with Crippen LogP contribution in [0.2, 0.25) is 0 Å². The van der Waals surface area contributed by atoms with Gasteiger partial charge in [0, 0.05) is 24.3 Å². The average Bonchev–Trinajstić information content (AvgIpc) is 2.87. The molecular formula is C20H34N6Na2O12S2. The monoisotopic (exact) mass is 660 g/mol. The van der Waals surface area contributed by atoms with E-state index in [9.17, 15) is 38.4 Å². The Morgan fingerprint density at radius 3 is 1.17 bits per heavy atom. The van der Waals surface area contributed by atoms with Crippen molar-refractivity contribution in [2.45, 2.75) is 49.9 Å². The van der Waals surface area contributed by atoms with Crippen molar-refractivity contribution in [1.82, 2.24) is 21.3 Å². The fraction of sp³-hybridized carbons (Fsp3) is 0.600. The van der Waals surface area contributed by atoms with E-state index < -0.39 is 84.8 Å². The number of rotatable bonds is 21. The van der Waals surface area contributed by atoms with Crippen LogP contribution in [0.4, 0.5) is 0 Å². The Morgan fingerprint density at radius 1 is 0.595 bits per heavy atom. The van der Waals surface area contributed by atoms with Crippen molar-refractivity contribution < 1.29 is 58.8 Å². The minimum absolute atomic E-state index is 0. The second-order valence-electron chi connectivity index (χ2n) is 8.00. The van der Waals surface area contributed by atoms with Crippen molar-refractivity contribution in [3.8, 4) is 0 Å². The molecule has 0 unspecified atom stereocenters. The Kier molecular flexibility index (Phi) is 26.4. The zero-order valence-electron chi connectivity index (χ0n) is 21.0. The first-order valence-electron chi connectivity index (χ1n) is 11.4. The van der Waals surface area contributed by atoms with Crippen LogP contribution in [0.5, 0.6) is 0 Å². The summed E-state index contributed by atoms with van der Waals surface area (Å²) < 4.78 is 0. The summed E-state index contributed by atoms with van der Waals surface area (Å²) in [5, 5.41) is 44.1. The zero-order valence-corrected chi connectivity index (χ0v) is 22.6. The summed E-state index contributed by atoms with van der Waals surface area (Å²) in [5.74, 6) is -8.81. The van der Waals surface area contributed by atoms with E-state index >= 15 is 0 Å². The van der Waals surface area contributed by atoms with Crippen LogP contribution < -0.4 is 32.7 Å². The molecule has 0 aliphatic rings. The number of aliphatic carboxylic acids is 4. The summed E-state index contributed by atoms with van der Waals surface area (Å²) in [6.07, 6.45) is -1.12. The molecule has 0 rings (SSSR count). The third-order valence-electron chi connectivity index (χ3n) is 4.68. The minimum atomic E-state index is -1.34. The molecular weight excluding hydrogens is 626 g/mol. The number of carbonyl (C=O) groups is 8. The fourth-order valence-electron chi connectivity index (χ4n) is 2.52. The Hall–Kier alpha value is -1.62. The van der Waals surface area contributed by atoms with E-state index in [0.29, 0.717) is 0 Å². The van der Waals surface area contributed by atoms with Crippen LogP contribution in [-0.4, -0.2) is 176 Å². The van der Waals surface area contributed by atoms with Gasteiger partial charge in [0.1, 0.15) is 37.3 Å². The first-order chi connectivity index (χ1) is 18.6. The van der Waals surface area contributed by atoms with Crippen molar-refractivity contribution in [3.63, 3.8) is 0 Å². The Bertz CT molecular complexity index is 891. The second-order valence-corrected chi connectivity index (χ2v) is 10.6. The quantitative estimate of drug-likeness (QED) is 0.0312. The van der Waals surface area contributed by atoms with E-state index in [1.165, 1.54) is 0 Å². The van der Waals surface area contributed by atoms with Crippen LogP contribution in [0.1, 0.15) is 25.7 Å². The predicted octanol–water partition coefficient (Wildman–Crippen LogP) is -5.17. The SMILES string of the molecule is N[C@@H](CCC(=O)N[C@@H](CSSC[C@H](NC(=O)CC[C@H](N)C(=O)O)C(=O)NCC(=O)O)C(=O)NCC(=O)O)C(=O)O.[NaH].[NaH]. The molecule has 4 atom stereocenters. The maximum absolute atomic E-state index is 12.4. The molecule has 0 aromatic carbocycles. The third-order valence-corrected chi connectivity index (χ3v) is 7.11. The van der Waals surface area contributed by atoms with Crippen LogP contribution in [0.15, 0.2) is 0 Å². The van der Waals surface area contributed by atoms with Crippen LogP contribution in [0, 0.1) is 0 Å². The van der Waals surface area contributed by atoms with Crippen molar-refractivity contribution in [3.05, 3.63) is 0 Å².